The fraction of sp³-hybridized carbons (Fsp3) is 0.545. The first kappa shape index (κ1) is 20.4. The van der Waals surface area contributed by atoms with Crippen LogP contribution < -0.4 is 10.6 Å². The maximum atomic E-state index is 12.8. The molecule has 28 heavy (non-hydrogen) atoms. The molecule has 0 spiro atoms. The average molecular weight is 386 g/mol. The molecule has 2 amide bonds. The van der Waals surface area contributed by atoms with Crippen LogP contribution in [0.5, 0.6) is 0 Å². The summed E-state index contributed by atoms with van der Waals surface area (Å²) >= 11 is 0. The van der Waals surface area contributed by atoms with E-state index in [1.165, 1.54) is 0 Å². The van der Waals surface area contributed by atoms with Crippen molar-refractivity contribution in [3.05, 3.63) is 36.0 Å². The number of aliphatic hydroxyl groups is 1. The van der Waals surface area contributed by atoms with Gasteiger partial charge >= 0.3 is 0 Å². The van der Waals surface area contributed by atoms with Crippen LogP contribution in [0.2, 0.25) is 0 Å². The lowest BCUT2D eigenvalue weighted by Gasteiger charge is -2.22. The lowest BCUT2D eigenvalue weighted by atomic mass is 9.89. The van der Waals surface area contributed by atoms with E-state index in [-0.39, 0.29) is 24.2 Å². The van der Waals surface area contributed by atoms with E-state index >= 15 is 0 Å². The van der Waals surface area contributed by atoms with Crippen molar-refractivity contribution in [3.63, 3.8) is 0 Å². The van der Waals surface area contributed by atoms with E-state index in [0.717, 1.165) is 35.7 Å². The van der Waals surface area contributed by atoms with E-state index < -0.39 is 12.1 Å². The second-order valence-corrected chi connectivity index (χ2v) is 8.21. The lowest BCUT2D eigenvalue weighted by molar-refractivity contribution is -0.130. The Morgan fingerprint density at radius 3 is 2.79 bits per heavy atom. The Bertz CT molecular complexity index is 816. The Labute approximate surface area is 166 Å². The molecule has 1 aliphatic rings. The van der Waals surface area contributed by atoms with Crippen LogP contribution >= 0.6 is 0 Å². The quantitative estimate of drug-likeness (QED) is 0.640. The molecule has 1 fully saturated rings. The number of para-hydroxylation sites is 1. The number of H-pyrrole nitrogens is 1. The molecule has 0 saturated carbocycles. The van der Waals surface area contributed by atoms with Gasteiger partial charge in [-0.25, -0.2) is 0 Å². The highest BCUT2D eigenvalue weighted by Crippen LogP contribution is 2.22. The summed E-state index contributed by atoms with van der Waals surface area (Å²) in [6.07, 6.45) is 4.38. The summed E-state index contributed by atoms with van der Waals surface area (Å²) in [7, 11) is 0. The lowest BCUT2D eigenvalue weighted by Crippen LogP contribution is -2.48. The first-order chi connectivity index (χ1) is 13.4. The number of benzene rings is 1. The van der Waals surface area contributed by atoms with Crippen LogP contribution in [-0.2, 0) is 16.0 Å². The Morgan fingerprint density at radius 2 is 1.96 bits per heavy atom. The van der Waals surface area contributed by atoms with E-state index in [9.17, 15) is 14.7 Å². The minimum atomic E-state index is -0.694. The molecule has 1 aromatic heterocycles. The van der Waals surface area contributed by atoms with E-state index in [1.807, 2.05) is 37.4 Å². The van der Waals surface area contributed by atoms with Crippen LogP contribution in [0.4, 0.5) is 0 Å². The first-order valence-corrected chi connectivity index (χ1v) is 10.2. The molecule has 4 N–H and O–H groups in total. The van der Waals surface area contributed by atoms with Crippen LogP contribution in [-0.4, -0.2) is 40.6 Å². The number of nitrogens with one attached hydrogen (secondary N) is 3. The number of aromatic amines is 1. The highest BCUT2D eigenvalue weighted by Gasteiger charge is 2.26. The van der Waals surface area contributed by atoms with Gasteiger partial charge in [-0.15, -0.1) is 0 Å². The van der Waals surface area contributed by atoms with Crippen molar-refractivity contribution in [2.24, 2.45) is 11.8 Å². The molecule has 1 saturated heterocycles. The number of aliphatic hydroxyl groups excluding tert-OH is 1. The molecule has 6 nitrogen and oxygen atoms in total. The number of hydrogen-bond acceptors (Lipinski definition) is 3. The second-order valence-electron chi connectivity index (χ2n) is 8.21. The molecule has 4 atom stereocenters. The van der Waals surface area contributed by atoms with Gasteiger partial charge in [-0.1, -0.05) is 32.0 Å². The van der Waals surface area contributed by atoms with Crippen molar-refractivity contribution in [1.82, 2.24) is 15.6 Å². The van der Waals surface area contributed by atoms with Crippen LogP contribution in [0.25, 0.3) is 10.9 Å². The first-order valence-electron chi connectivity index (χ1n) is 10.2. The monoisotopic (exact) mass is 385 g/mol. The van der Waals surface area contributed by atoms with Crippen LogP contribution in [0, 0.1) is 11.8 Å². The fourth-order valence-corrected chi connectivity index (χ4v) is 4.07. The van der Waals surface area contributed by atoms with Gasteiger partial charge < -0.3 is 20.7 Å². The van der Waals surface area contributed by atoms with E-state index in [4.69, 9.17) is 0 Å². The highest BCUT2D eigenvalue weighted by atomic mass is 16.3. The molecule has 2 aromatic rings. The summed E-state index contributed by atoms with van der Waals surface area (Å²) in [6, 6.07) is 7.25. The average Bonchev–Trinajstić information content (AvgIpc) is 3.07. The summed E-state index contributed by atoms with van der Waals surface area (Å²) in [5.74, 6) is 0.0453. The molecule has 152 valence electrons. The molecule has 3 rings (SSSR count). The fourth-order valence-electron chi connectivity index (χ4n) is 4.07. The topological polar surface area (TPSA) is 94.2 Å². The normalized spacial score (nSPS) is 28.0. The second kappa shape index (κ2) is 9.24. The molecule has 0 aliphatic carbocycles. The van der Waals surface area contributed by atoms with Gasteiger partial charge in [0.25, 0.3) is 0 Å². The van der Waals surface area contributed by atoms with Crippen LogP contribution in [0.1, 0.15) is 45.1 Å². The van der Waals surface area contributed by atoms with Crippen molar-refractivity contribution >= 4 is 22.7 Å². The Balaban J connectivity index is 1.77. The van der Waals surface area contributed by atoms with Crippen molar-refractivity contribution in [1.29, 1.82) is 0 Å². The van der Waals surface area contributed by atoms with E-state index in [0.29, 0.717) is 18.9 Å². The maximum Gasteiger partial charge on any atom is 0.242 e. The van der Waals surface area contributed by atoms with Crippen molar-refractivity contribution in [3.8, 4) is 0 Å². The SMILES string of the molecule is CC1CCCNC(=O)[C@H](Cc2c[nH]c3ccccc23)NC(=O)C[C@@H](O)[C@H](C)C1. The van der Waals surface area contributed by atoms with Crippen LogP contribution in [0.3, 0.4) is 0 Å². The van der Waals surface area contributed by atoms with Gasteiger partial charge in [0.2, 0.25) is 11.8 Å². The zero-order chi connectivity index (χ0) is 20.1. The highest BCUT2D eigenvalue weighted by molar-refractivity contribution is 5.89. The Kier molecular flexibility index (Phi) is 6.73. The molecule has 1 aromatic carbocycles. The number of carbonyl (C=O) groups is 2. The molecule has 1 unspecified atom stereocenters. The van der Waals surface area contributed by atoms with E-state index in [2.05, 4.69) is 22.5 Å². The summed E-state index contributed by atoms with van der Waals surface area (Å²) in [5, 5.41) is 17.3. The summed E-state index contributed by atoms with van der Waals surface area (Å²) in [5.41, 5.74) is 2.00. The third-order valence-corrected chi connectivity index (χ3v) is 5.75. The number of amides is 2. The predicted molar refractivity (Wildman–Crippen MR) is 110 cm³/mol. The van der Waals surface area contributed by atoms with Crippen LogP contribution in [0.15, 0.2) is 30.5 Å². The minimum absolute atomic E-state index is 0.0194. The third kappa shape index (κ3) is 5.13. The van der Waals surface area contributed by atoms with Crippen molar-refractivity contribution in [2.45, 2.75) is 58.1 Å². The molecule has 0 radical (unpaired) electrons. The van der Waals surface area contributed by atoms with Gasteiger partial charge in [-0.2, -0.15) is 0 Å². The summed E-state index contributed by atoms with van der Waals surface area (Å²) < 4.78 is 0. The summed E-state index contributed by atoms with van der Waals surface area (Å²) in [4.78, 5) is 28.5. The maximum absolute atomic E-state index is 12.8. The third-order valence-electron chi connectivity index (χ3n) is 5.75. The smallest absolute Gasteiger partial charge is 0.242 e. The van der Waals surface area contributed by atoms with Gasteiger partial charge in [-0.05, 0) is 42.7 Å². The number of aromatic nitrogens is 1. The standard InChI is InChI=1S/C22H31N3O3/c1-14-6-5-9-23-22(28)19(25-21(27)12-20(26)15(2)10-14)11-16-13-24-18-8-4-3-7-17(16)18/h3-4,7-8,13-15,19-20,24,26H,5-6,9-12H2,1-2H3,(H,23,28)(H,25,27)/t14?,15-,19+,20-/m1/s1. The zero-order valence-electron chi connectivity index (χ0n) is 16.7. The van der Waals surface area contributed by atoms with Gasteiger partial charge in [0, 0.05) is 30.1 Å². The van der Waals surface area contributed by atoms with Gasteiger partial charge in [-0.3, -0.25) is 9.59 Å². The summed E-state index contributed by atoms with van der Waals surface area (Å²) in [6.45, 7) is 4.74. The minimum Gasteiger partial charge on any atom is -0.392 e. The molecule has 0 bridgehead atoms. The molecule has 6 heteroatoms. The number of rotatable bonds is 2. The van der Waals surface area contributed by atoms with E-state index in [1.54, 1.807) is 0 Å². The van der Waals surface area contributed by atoms with Gasteiger partial charge in [0.1, 0.15) is 6.04 Å². The number of hydrogen-bond donors (Lipinski definition) is 4. The molecular weight excluding hydrogens is 354 g/mol. The molecule has 2 heterocycles. The number of carbonyl (C=O) groups excluding carboxylic acids is 2. The molecular formula is C22H31N3O3. The predicted octanol–water partition coefficient (Wildman–Crippen LogP) is 2.52. The van der Waals surface area contributed by atoms with Crippen molar-refractivity contribution in [2.75, 3.05) is 6.54 Å². The van der Waals surface area contributed by atoms with Crippen molar-refractivity contribution < 1.29 is 14.7 Å². The Morgan fingerprint density at radius 1 is 1.18 bits per heavy atom. The largest absolute Gasteiger partial charge is 0.392 e. The Hall–Kier alpha value is -2.34. The number of fused-ring (bicyclic) bond motifs is 1. The van der Waals surface area contributed by atoms with Gasteiger partial charge in [0.05, 0.1) is 12.5 Å². The zero-order valence-corrected chi connectivity index (χ0v) is 16.7. The molecule has 1 aliphatic heterocycles. The van der Waals surface area contributed by atoms with Gasteiger partial charge in [0.15, 0.2) is 0 Å².